The molecule has 0 heterocycles. The number of benzene rings is 2. The normalized spacial score (nSPS) is 10.2. The van der Waals surface area contributed by atoms with Crippen LogP contribution in [0.5, 0.6) is 0 Å². The van der Waals surface area contributed by atoms with Gasteiger partial charge in [0.2, 0.25) is 5.91 Å². The van der Waals surface area contributed by atoms with Crippen LogP contribution in [0.25, 0.3) is 0 Å². The molecule has 5 nitrogen and oxygen atoms in total. The number of thiol groups is 1. The van der Waals surface area contributed by atoms with E-state index in [2.05, 4.69) is 18.1 Å². The number of carbonyl (C=O) groups is 2. The minimum absolute atomic E-state index is 0.306. The SMILES string of the molecule is NC(=O)c1ccc(N(S)C(=O)NCCc2cccc(F)c2)cc1. The Bertz CT molecular complexity index is 707. The van der Waals surface area contributed by atoms with E-state index in [1.54, 1.807) is 24.3 Å². The number of hydrogen-bond donors (Lipinski definition) is 3. The van der Waals surface area contributed by atoms with Crippen LogP contribution in [0.4, 0.5) is 14.9 Å². The number of amides is 3. The molecule has 0 aromatic heterocycles. The molecule has 2 aromatic carbocycles. The molecule has 0 atom stereocenters. The Hall–Kier alpha value is -2.54. The van der Waals surface area contributed by atoms with Crippen LogP contribution in [0.15, 0.2) is 48.5 Å². The van der Waals surface area contributed by atoms with Gasteiger partial charge in [-0.25, -0.2) is 13.5 Å². The molecular formula is C16H16FN3O2S. The van der Waals surface area contributed by atoms with Gasteiger partial charge in [-0.15, -0.1) is 0 Å². The Balaban J connectivity index is 1.88. The van der Waals surface area contributed by atoms with E-state index < -0.39 is 11.9 Å². The highest BCUT2D eigenvalue weighted by atomic mass is 32.1. The zero-order chi connectivity index (χ0) is 16.8. The number of hydrogen-bond acceptors (Lipinski definition) is 3. The smallest absolute Gasteiger partial charge is 0.331 e. The highest BCUT2D eigenvalue weighted by Gasteiger charge is 2.12. The maximum atomic E-state index is 13.1. The highest BCUT2D eigenvalue weighted by molar-refractivity contribution is 7.82. The average molecular weight is 333 g/mol. The molecule has 0 unspecified atom stereocenters. The average Bonchev–Trinajstić information content (AvgIpc) is 2.54. The molecule has 3 N–H and O–H groups in total. The fourth-order valence-electron chi connectivity index (χ4n) is 1.97. The van der Waals surface area contributed by atoms with Crippen molar-refractivity contribution in [3.05, 3.63) is 65.5 Å². The first-order chi connectivity index (χ1) is 11.0. The van der Waals surface area contributed by atoms with Crippen LogP contribution in [-0.2, 0) is 6.42 Å². The van der Waals surface area contributed by atoms with Crippen LogP contribution >= 0.6 is 12.8 Å². The lowest BCUT2D eigenvalue weighted by molar-refractivity contribution is 0.100. The summed E-state index contributed by atoms with van der Waals surface area (Å²) in [5, 5.41) is 2.68. The summed E-state index contributed by atoms with van der Waals surface area (Å²) >= 11 is 4.12. The van der Waals surface area contributed by atoms with Gasteiger partial charge in [0.1, 0.15) is 5.82 Å². The van der Waals surface area contributed by atoms with Crippen molar-refractivity contribution in [1.29, 1.82) is 0 Å². The van der Waals surface area contributed by atoms with Crippen molar-refractivity contribution < 1.29 is 14.0 Å². The molecular weight excluding hydrogens is 317 g/mol. The van der Waals surface area contributed by atoms with E-state index in [-0.39, 0.29) is 5.82 Å². The van der Waals surface area contributed by atoms with E-state index in [4.69, 9.17) is 5.73 Å². The van der Waals surface area contributed by atoms with E-state index in [0.717, 1.165) is 9.87 Å². The van der Waals surface area contributed by atoms with Crippen LogP contribution in [0.2, 0.25) is 0 Å². The van der Waals surface area contributed by atoms with Crippen LogP contribution in [-0.4, -0.2) is 18.5 Å². The quantitative estimate of drug-likeness (QED) is 0.736. The third-order valence-electron chi connectivity index (χ3n) is 3.17. The first-order valence-electron chi connectivity index (χ1n) is 6.88. The van der Waals surface area contributed by atoms with Crippen molar-refractivity contribution >= 4 is 30.4 Å². The van der Waals surface area contributed by atoms with Crippen molar-refractivity contribution in [3.63, 3.8) is 0 Å². The number of anilines is 1. The molecule has 2 rings (SSSR count). The number of urea groups is 1. The number of carbonyl (C=O) groups excluding carboxylic acids is 2. The van der Waals surface area contributed by atoms with Gasteiger partial charge in [0, 0.05) is 12.1 Å². The summed E-state index contributed by atoms with van der Waals surface area (Å²) in [7, 11) is 0. The first kappa shape index (κ1) is 16.8. The summed E-state index contributed by atoms with van der Waals surface area (Å²) < 4.78 is 14.2. The molecule has 0 fully saturated rings. The predicted molar refractivity (Wildman–Crippen MR) is 89.9 cm³/mol. The van der Waals surface area contributed by atoms with Crippen molar-refractivity contribution in [1.82, 2.24) is 5.32 Å². The zero-order valence-corrected chi connectivity index (χ0v) is 13.1. The van der Waals surface area contributed by atoms with Gasteiger partial charge in [-0.1, -0.05) is 24.9 Å². The van der Waals surface area contributed by atoms with Gasteiger partial charge in [0.15, 0.2) is 0 Å². The van der Waals surface area contributed by atoms with Gasteiger partial charge in [0.25, 0.3) is 0 Å². The molecule has 0 aliphatic rings. The number of nitrogens with one attached hydrogen (secondary N) is 1. The highest BCUT2D eigenvalue weighted by Crippen LogP contribution is 2.17. The van der Waals surface area contributed by atoms with E-state index in [0.29, 0.717) is 24.2 Å². The number of nitrogens with two attached hydrogens (primary N) is 1. The predicted octanol–water partition coefficient (Wildman–Crippen LogP) is 2.53. The summed E-state index contributed by atoms with van der Waals surface area (Å²) in [5.74, 6) is -0.846. The summed E-state index contributed by atoms with van der Waals surface area (Å²) in [4.78, 5) is 23.0. The second-order valence-corrected chi connectivity index (χ2v) is 5.23. The molecule has 0 saturated carbocycles. The Kier molecular flexibility index (Phi) is 5.59. The fourth-order valence-corrected chi connectivity index (χ4v) is 2.17. The molecule has 7 heteroatoms. The topological polar surface area (TPSA) is 75.4 Å². The van der Waals surface area contributed by atoms with Crippen molar-refractivity contribution in [2.75, 3.05) is 10.8 Å². The van der Waals surface area contributed by atoms with Gasteiger partial charge < -0.3 is 11.1 Å². The van der Waals surface area contributed by atoms with Crippen LogP contribution in [0, 0.1) is 5.82 Å². The standard InChI is InChI=1S/C16H16FN3O2S/c17-13-3-1-2-11(10-13)8-9-19-16(22)20(23)14-6-4-12(5-7-14)15(18)21/h1-7,10,23H,8-9H2,(H2,18,21)(H,19,22). The molecule has 3 amide bonds. The zero-order valence-electron chi connectivity index (χ0n) is 12.2. The second kappa shape index (κ2) is 7.64. The third-order valence-corrected chi connectivity index (χ3v) is 3.58. The van der Waals surface area contributed by atoms with Crippen LogP contribution in [0.3, 0.4) is 0 Å². The van der Waals surface area contributed by atoms with Gasteiger partial charge in [-0.05, 0) is 48.4 Å². The lowest BCUT2D eigenvalue weighted by Crippen LogP contribution is -2.35. The van der Waals surface area contributed by atoms with Gasteiger partial charge in [0.05, 0.1) is 5.69 Å². The number of primary amides is 1. The minimum atomic E-state index is -0.540. The van der Waals surface area contributed by atoms with Crippen molar-refractivity contribution in [2.45, 2.75) is 6.42 Å². The monoisotopic (exact) mass is 333 g/mol. The lowest BCUT2D eigenvalue weighted by Gasteiger charge is -2.16. The molecule has 0 aliphatic heterocycles. The van der Waals surface area contributed by atoms with Gasteiger partial charge in [-0.2, -0.15) is 0 Å². The summed E-state index contributed by atoms with van der Waals surface area (Å²) in [6, 6.07) is 11.9. The molecule has 0 saturated heterocycles. The van der Waals surface area contributed by atoms with Crippen LogP contribution in [0.1, 0.15) is 15.9 Å². The molecule has 0 aliphatic carbocycles. The summed E-state index contributed by atoms with van der Waals surface area (Å²) in [6.45, 7) is 0.346. The Morgan fingerprint density at radius 2 is 1.87 bits per heavy atom. The molecule has 120 valence electrons. The third kappa shape index (κ3) is 4.72. The molecule has 0 bridgehead atoms. The maximum absolute atomic E-state index is 13.1. The van der Waals surface area contributed by atoms with E-state index >= 15 is 0 Å². The second-order valence-electron chi connectivity index (χ2n) is 4.83. The summed E-state index contributed by atoms with van der Waals surface area (Å²) in [6.07, 6.45) is 0.506. The number of rotatable bonds is 5. The first-order valence-corrected chi connectivity index (χ1v) is 7.28. The maximum Gasteiger partial charge on any atom is 0.331 e. The summed E-state index contributed by atoms with van der Waals surface area (Å²) in [5.41, 5.74) is 6.80. The Morgan fingerprint density at radius 3 is 2.48 bits per heavy atom. The van der Waals surface area contributed by atoms with Crippen molar-refractivity contribution in [2.24, 2.45) is 5.73 Å². The molecule has 2 aromatic rings. The number of nitrogens with zero attached hydrogens (tertiary/aromatic N) is 1. The van der Waals surface area contributed by atoms with Gasteiger partial charge in [-0.3, -0.25) is 4.79 Å². The van der Waals surface area contributed by atoms with E-state index in [1.165, 1.54) is 24.3 Å². The van der Waals surface area contributed by atoms with Crippen molar-refractivity contribution in [3.8, 4) is 0 Å². The van der Waals surface area contributed by atoms with Gasteiger partial charge >= 0.3 is 6.03 Å². The van der Waals surface area contributed by atoms with E-state index in [1.807, 2.05) is 0 Å². The Labute approximate surface area is 138 Å². The fraction of sp³-hybridized carbons (Fsp3) is 0.125. The molecule has 0 spiro atoms. The lowest BCUT2D eigenvalue weighted by atomic mass is 10.1. The van der Waals surface area contributed by atoms with Crippen LogP contribution < -0.4 is 15.4 Å². The molecule has 23 heavy (non-hydrogen) atoms. The van der Waals surface area contributed by atoms with E-state index in [9.17, 15) is 14.0 Å². The largest absolute Gasteiger partial charge is 0.366 e. The number of halogens is 1. The Morgan fingerprint density at radius 1 is 1.17 bits per heavy atom. The molecule has 0 radical (unpaired) electrons. The minimum Gasteiger partial charge on any atom is -0.366 e.